The zero-order valence-corrected chi connectivity index (χ0v) is 21.3. The minimum Gasteiger partial charge on any atom is -0.334 e. The summed E-state index contributed by atoms with van der Waals surface area (Å²) in [5.41, 5.74) is 10.7. The molecule has 4 aromatic rings. The number of aromatic nitrogens is 1. The predicted molar refractivity (Wildman–Crippen MR) is 144 cm³/mol. The summed E-state index contributed by atoms with van der Waals surface area (Å²) in [5, 5.41) is 7.03. The fourth-order valence-corrected chi connectivity index (χ4v) is 4.36. The largest absolute Gasteiger partial charge is 0.334 e. The third-order valence-electron chi connectivity index (χ3n) is 5.56. The van der Waals surface area contributed by atoms with Crippen molar-refractivity contribution in [2.45, 2.75) is 19.6 Å². The maximum atomic E-state index is 13.8. The van der Waals surface area contributed by atoms with E-state index in [-0.39, 0.29) is 25.5 Å². The highest BCUT2D eigenvalue weighted by molar-refractivity contribution is 6.36. The normalized spacial score (nSPS) is 10.8. The van der Waals surface area contributed by atoms with Gasteiger partial charge in [0.25, 0.3) is 0 Å². The van der Waals surface area contributed by atoms with E-state index in [1.165, 1.54) is 6.07 Å². The second-order valence-corrected chi connectivity index (χ2v) is 9.23. The number of nitrogens with two attached hydrogens (primary N) is 1. The molecule has 0 unspecified atom stereocenters. The van der Waals surface area contributed by atoms with Gasteiger partial charge in [0.1, 0.15) is 5.82 Å². The average molecular weight is 544 g/mol. The minimum absolute atomic E-state index is 0.0572. The molecule has 36 heavy (non-hydrogen) atoms. The average Bonchev–Trinajstić information content (AvgIpc) is 2.87. The van der Waals surface area contributed by atoms with Crippen LogP contribution in [-0.4, -0.2) is 11.0 Å². The van der Waals surface area contributed by atoms with Crippen molar-refractivity contribution < 1.29 is 9.18 Å². The third-order valence-corrected chi connectivity index (χ3v) is 6.36. The lowest BCUT2D eigenvalue weighted by Crippen LogP contribution is -2.35. The molecule has 0 bridgehead atoms. The molecule has 9 heteroatoms. The molecular weight excluding hydrogens is 522 g/mol. The molecule has 0 atom stereocenters. The Bertz CT molecular complexity index is 1400. The van der Waals surface area contributed by atoms with Gasteiger partial charge in [0.05, 0.1) is 11.4 Å². The predicted octanol–water partition coefficient (Wildman–Crippen LogP) is 6.97. The number of nitrogens with zero attached hydrogens (tertiary/aromatic N) is 1. The van der Waals surface area contributed by atoms with Gasteiger partial charge in [-0.25, -0.2) is 9.18 Å². The lowest BCUT2D eigenvalue weighted by molar-refractivity contribution is 0.240. The van der Waals surface area contributed by atoms with Gasteiger partial charge in [-0.1, -0.05) is 71.2 Å². The van der Waals surface area contributed by atoms with E-state index < -0.39 is 6.03 Å². The van der Waals surface area contributed by atoms with Crippen LogP contribution in [0, 0.1) is 5.82 Å². The molecular formula is C27H22Cl3FN4O. The number of hydrogen-bond acceptors (Lipinski definition) is 3. The Kier molecular flexibility index (Phi) is 8.44. The Morgan fingerprint density at radius 3 is 2.17 bits per heavy atom. The van der Waals surface area contributed by atoms with Crippen molar-refractivity contribution in [3.05, 3.63) is 111 Å². The Hall–Kier alpha value is -3.16. The molecule has 184 valence electrons. The SMILES string of the molecule is NCc1nc(-c2ccc(Cl)cc2)c(-c2ccc(Cl)cc2Cl)cc1CNC(=O)NCc1ccccc1F. The van der Waals surface area contributed by atoms with Crippen LogP contribution in [0.1, 0.15) is 16.8 Å². The van der Waals surface area contributed by atoms with Crippen LogP contribution in [0.5, 0.6) is 0 Å². The highest BCUT2D eigenvalue weighted by Gasteiger charge is 2.17. The summed E-state index contributed by atoms with van der Waals surface area (Å²) in [6, 6.07) is 20.3. The molecule has 0 spiro atoms. The van der Waals surface area contributed by atoms with Gasteiger partial charge in [-0.2, -0.15) is 0 Å². The molecule has 0 fully saturated rings. The van der Waals surface area contributed by atoms with Gasteiger partial charge in [-0.15, -0.1) is 0 Å². The zero-order chi connectivity index (χ0) is 25.7. The van der Waals surface area contributed by atoms with Crippen molar-refractivity contribution in [1.82, 2.24) is 15.6 Å². The summed E-state index contributed by atoms with van der Waals surface area (Å²) < 4.78 is 13.8. The van der Waals surface area contributed by atoms with Crippen LogP contribution in [0.25, 0.3) is 22.4 Å². The number of carbonyl (C=O) groups excluding carboxylic acids is 1. The molecule has 0 saturated heterocycles. The molecule has 0 aliphatic rings. The van der Waals surface area contributed by atoms with Crippen LogP contribution in [0.4, 0.5) is 9.18 Å². The van der Waals surface area contributed by atoms with E-state index in [2.05, 4.69) is 10.6 Å². The molecule has 1 heterocycles. The first kappa shape index (κ1) is 25.9. The van der Waals surface area contributed by atoms with E-state index >= 15 is 0 Å². The Morgan fingerprint density at radius 2 is 1.50 bits per heavy atom. The summed E-state index contributed by atoms with van der Waals surface area (Å²) in [6.07, 6.45) is 0. The van der Waals surface area contributed by atoms with Crippen molar-refractivity contribution in [1.29, 1.82) is 0 Å². The number of urea groups is 1. The van der Waals surface area contributed by atoms with Crippen LogP contribution in [-0.2, 0) is 19.6 Å². The number of halogens is 4. The Balaban J connectivity index is 1.64. The molecule has 3 aromatic carbocycles. The minimum atomic E-state index is -0.450. The van der Waals surface area contributed by atoms with E-state index in [1.54, 1.807) is 42.5 Å². The van der Waals surface area contributed by atoms with Gasteiger partial charge in [0.15, 0.2) is 0 Å². The highest BCUT2D eigenvalue weighted by Crippen LogP contribution is 2.37. The zero-order valence-electron chi connectivity index (χ0n) is 19.0. The third kappa shape index (κ3) is 6.15. The quantitative estimate of drug-likeness (QED) is 0.235. The van der Waals surface area contributed by atoms with E-state index in [9.17, 15) is 9.18 Å². The number of benzene rings is 3. The van der Waals surface area contributed by atoms with Gasteiger partial charge in [-0.3, -0.25) is 4.98 Å². The topological polar surface area (TPSA) is 80.0 Å². The molecule has 4 rings (SSSR count). The second kappa shape index (κ2) is 11.7. The molecule has 1 aromatic heterocycles. The first-order valence-electron chi connectivity index (χ1n) is 11.0. The molecule has 0 saturated carbocycles. The van der Waals surface area contributed by atoms with Crippen LogP contribution >= 0.6 is 34.8 Å². The van der Waals surface area contributed by atoms with Crippen LogP contribution in [0.2, 0.25) is 15.1 Å². The van der Waals surface area contributed by atoms with E-state index in [0.29, 0.717) is 32.0 Å². The smallest absolute Gasteiger partial charge is 0.315 e. The molecule has 0 aliphatic carbocycles. The van der Waals surface area contributed by atoms with Gasteiger partial charge in [0, 0.05) is 57.0 Å². The van der Waals surface area contributed by atoms with E-state index in [0.717, 1.165) is 22.3 Å². The van der Waals surface area contributed by atoms with Crippen LogP contribution in [0.3, 0.4) is 0 Å². The first-order valence-corrected chi connectivity index (χ1v) is 12.2. The summed E-state index contributed by atoms with van der Waals surface area (Å²) in [5.74, 6) is -0.380. The fraction of sp³-hybridized carbons (Fsp3) is 0.111. The van der Waals surface area contributed by atoms with Crippen molar-refractivity contribution >= 4 is 40.8 Å². The maximum absolute atomic E-state index is 13.8. The second-order valence-electron chi connectivity index (χ2n) is 7.95. The Labute approximate surface area is 223 Å². The lowest BCUT2D eigenvalue weighted by atomic mass is 9.96. The molecule has 2 amide bonds. The Morgan fingerprint density at radius 1 is 0.833 bits per heavy atom. The van der Waals surface area contributed by atoms with Gasteiger partial charge < -0.3 is 16.4 Å². The molecule has 4 N–H and O–H groups in total. The number of carbonyl (C=O) groups is 1. The fourth-order valence-electron chi connectivity index (χ4n) is 3.72. The first-order chi connectivity index (χ1) is 17.4. The summed E-state index contributed by atoms with van der Waals surface area (Å²) in [4.78, 5) is 17.3. The number of rotatable bonds is 7. The standard InChI is InChI=1S/C27H22Cl3FN4O/c28-19-7-5-16(6-8-19)26-22(21-10-9-20(29)12-23(21)30)11-18(25(13-32)35-26)15-34-27(36)33-14-17-3-1-2-4-24(17)31/h1-12H,13-15,32H2,(H2,33,34,36). The van der Waals surface area contributed by atoms with E-state index in [1.807, 2.05) is 24.3 Å². The van der Waals surface area contributed by atoms with Gasteiger partial charge in [0.2, 0.25) is 0 Å². The highest BCUT2D eigenvalue weighted by atomic mass is 35.5. The van der Waals surface area contributed by atoms with Crippen molar-refractivity contribution in [3.63, 3.8) is 0 Å². The van der Waals surface area contributed by atoms with Crippen LogP contribution < -0.4 is 16.4 Å². The van der Waals surface area contributed by atoms with Gasteiger partial charge >= 0.3 is 6.03 Å². The van der Waals surface area contributed by atoms with Crippen LogP contribution in [0.15, 0.2) is 72.8 Å². The summed E-state index contributed by atoms with van der Waals surface area (Å²) in [6.45, 7) is 0.368. The molecule has 0 aliphatic heterocycles. The number of hydrogen-bond donors (Lipinski definition) is 3. The number of amides is 2. The monoisotopic (exact) mass is 542 g/mol. The van der Waals surface area contributed by atoms with Crippen molar-refractivity contribution in [3.8, 4) is 22.4 Å². The maximum Gasteiger partial charge on any atom is 0.315 e. The van der Waals surface area contributed by atoms with Crippen molar-refractivity contribution in [2.24, 2.45) is 5.73 Å². The lowest BCUT2D eigenvalue weighted by Gasteiger charge is -2.17. The van der Waals surface area contributed by atoms with Crippen molar-refractivity contribution in [2.75, 3.05) is 0 Å². The van der Waals surface area contributed by atoms with Gasteiger partial charge in [-0.05, 0) is 42.0 Å². The summed E-state index contributed by atoms with van der Waals surface area (Å²) >= 11 is 18.7. The summed E-state index contributed by atoms with van der Waals surface area (Å²) in [7, 11) is 0. The number of pyridine rings is 1. The molecule has 0 radical (unpaired) electrons. The number of nitrogens with one attached hydrogen (secondary N) is 2. The molecule has 5 nitrogen and oxygen atoms in total. The van der Waals surface area contributed by atoms with E-state index in [4.69, 9.17) is 45.5 Å².